The van der Waals surface area contributed by atoms with E-state index in [1.54, 1.807) is 43.3 Å². The lowest BCUT2D eigenvalue weighted by atomic mass is 10.1. The fraction of sp³-hybridized carbons (Fsp3) is 0.211. The first-order chi connectivity index (χ1) is 13.9. The van der Waals surface area contributed by atoms with E-state index in [0.717, 1.165) is 4.88 Å². The molecule has 0 spiro atoms. The van der Waals surface area contributed by atoms with Gasteiger partial charge in [-0.3, -0.25) is 30.0 Å². The molecular weight excluding hydrogens is 394 g/mol. The molecule has 0 bridgehead atoms. The number of hydrazine groups is 1. The number of fused-ring (bicyclic) bond motifs is 1. The minimum atomic E-state index is -0.633. The van der Waals surface area contributed by atoms with Gasteiger partial charge in [-0.1, -0.05) is 18.2 Å². The molecule has 1 aromatic carbocycles. The number of hydrogen-bond acceptors (Lipinski definition) is 6. The summed E-state index contributed by atoms with van der Waals surface area (Å²) >= 11 is 1.20. The SMILES string of the molecule is CCn1nc(C(=O)NNC(=O)c2ccc(CNC(C)=O)s2)c2ccccc2c1=O. The first-order valence-corrected chi connectivity index (χ1v) is 9.66. The van der Waals surface area contributed by atoms with Gasteiger partial charge in [0.1, 0.15) is 0 Å². The lowest BCUT2D eigenvalue weighted by Crippen LogP contribution is -2.42. The minimum absolute atomic E-state index is 0.0416. The Balaban J connectivity index is 1.74. The molecule has 2 heterocycles. The number of nitrogens with one attached hydrogen (secondary N) is 3. The minimum Gasteiger partial charge on any atom is -0.351 e. The van der Waals surface area contributed by atoms with Crippen LogP contribution in [0.25, 0.3) is 10.8 Å². The quantitative estimate of drug-likeness (QED) is 0.543. The zero-order valence-corrected chi connectivity index (χ0v) is 16.6. The van der Waals surface area contributed by atoms with Gasteiger partial charge in [-0.25, -0.2) is 4.68 Å². The molecule has 0 atom stereocenters. The van der Waals surface area contributed by atoms with E-state index in [2.05, 4.69) is 21.3 Å². The Hall–Kier alpha value is -3.53. The highest BCUT2D eigenvalue weighted by atomic mass is 32.1. The fourth-order valence-corrected chi connectivity index (χ4v) is 3.50. The van der Waals surface area contributed by atoms with E-state index in [4.69, 9.17) is 0 Å². The van der Waals surface area contributed by atoms with E-state index >= 15 is 0 Å². The molecule has 0 saturated carbocycles. The van der Waals surface area contributed by atoms with Crippen molar-refractivity contribution in [3.63, 3.8) is 0 Å². The largest absolute Gasteiger partial charge is 0.351 e. The summed E-state index contributed by atoms with van der Waals surface area (Å²) in [4.78, 5) is 49.4. The van der Waals surface area contributed by atoms with Gasteiger partial charge in [-0.15, -0.1) is 11.3 Å². The van der Waals surface area contributed by atoms with Gasteiger partial charge in [0.05, 0.1) is 16.8 Å². The molecule has 0 aliphatic rings. The topological polar surface area (TPSA) is 122 Å². The van der Waals surface area contributed by atoms with Crippen LogP contribution in [0.1, 0.15) is 38.9 Å². The van der Waals surface area contributed by atoms with Crippen LogP contribution in [0, 0.1) is 0 Å². The third-order valence-electron chi connectivity index (χ3n) is 4.07. The van der Waals surface area contributed by atoms with Crippen molar-refractivity contribution < 1.29 is 14.4 Å². The number of carbonyl (C=O) groups is 3. The predicted molar refractivity (Wildman–Crippen MR) is 108 cm³/mol. The van der Waals surface area contributed by atoms with Crippen molar-refractivity contribution in [2.75, 3.05) is 0 Å². The van der Waals surface area contributed by atoms with E-state index in [1.807, 2.05) is 0 Å². The highest BCUT2D eigenvalue weighted by Gasteiger charge is 2.17. The average Bonchev–Trinajstić information content (AvgIpc) is 3.20. The van der Waals surface area contributed by atoms with Gasteiger partial charge in [-0.2, -0.15) is 5.10 Å². The van der Waals surface area contributed by atoms with Crippen LogP contribution in [0.3, 0.4) is 0 Å². The van der Waals surface area contributed by atoms with Crippen LogP contribution < -0.4 is 21.7 Å². The van der Waals surface area contributed by atoms with Crippen LogP contribution in [-0.4, -0.2) is 27.5 Å². The highest BCUT2D eigenvalue weighted by molar-refractivity contribution is 7.14. The first-order valence-electron chi connectivity index (χ1n) is 8.84. The number of benzene rings is 1. The van der Waals surface area contributed by atoms with Crippen LogP contribution in [0.15, 0.2) is 41.2 Å². The number of aromatic nitrogens is 2. The molecule has 3 amide bonds. The standard InChI is InChI=1S/C19H19N5O4S/c1-3-24-19(28)14-7-5-4-6-13(14)16(23-24)18(27)22-21-17(26)15-9-8-12(29-15)10-20-11(2)25/h4-9H,3,10H2,1-2H3,(H,20,25)(H,21,26)(H,22,27). The number of nitrogens with zero attached hydrogens (tertiary/aromatic N) is 2. The molecule has 9 nitrogen and oxygen atoms in total. The Labute approximate surface area is 169 Å². The molecule has 3 aromatic rings. The number of carbonyl (C=O) groups excluding carboxylic acids is 3. The van der Waals surface area contributed by atoms with Gasteiger partial charge >= 0.3 is 0 Å². The van der Waals surface area contributed by atoms with Gasteiger partial charge in [0.2, 0.25) is 5.91 Å². The molecule has 0 aliphatic heterocycles. The van der Waals surface area contributed by atoms with E-state index in [9.17, 15) is 19.2 Å². The van der Waals surface area contributed by atoms with Gasteiger partial charge in [0.15, 0.2) is 5.69 Å². The van der Waals surface area contributed by atoms with Crippen molar-refractivity contribution in [1.29, 1.82) is 0 Å². The van der Waals surface area contributed by atoms with Gasteiger partial charge in [-0.05, 0) is 25.1 Å². The Morgan fingerprint density at radius 2 is 1.72 bits per heavy atom. The van der Waals surface area contributed by atoms with Crippen molar-refractivity contribution >= 4 is 39.8 Å². The van der Waals surface area contributed by atoms with Crippen molar-refractivity contribution in [1.82, 2.24) is 25.9 Å². The predicted octanol–water partition coefficient (Wildman–Crippen LogP) is 1.19. The fourth-order valence-electron chi connectivity index (χ4n) is 2.66. The summed E-state index contributed by atoms with van der Waals surface area (Å²) in [6.07, 6.45) is 0. The van der Waals surface area contributed by atoms with Crippen LogP contribution in [0.4, 0.5) is 0 Å². The summed E-state index contributed by atoms with van der Waals surface area (Å²) in [5.74, 6) is -1.29. The molecule has 0 aliphatic carbocycles. The Bertz CT molecular complexity index is 1150. The molecule has 0 fully saturated rings. The monoisotopic (exact) mass is 413 g/mol. The lowest BCUT2D eigenvalue weighted by Gasteiger charge is -2.10. The van der Waals surface area contributed by atoms with Gasteiger partial charge in [0, 0.05) is 23.7 Å². The maximum absolute atomic E-state index is 12.6. The summed E-state index contributed by atoms with van der Waals surface area (Å²) in [5.41, 5.74) is 4.45. The maximum atomic E-state index is 12.6. The number of hydrogen-bond donors (Lipinski definition) is 3. The molecule has 150 valence electrons. The molecule has 10 heteroatoms. The van der Waals surface area contributed by atoms with E-state index in [0.29, 0.717) is 28.7 Å². The second kappa shape index (κ2) is 8.65. The van der Waals surface area contributed by atoms with E-state index in [1.165, 1.54) is 22.9 Å². The maximum Gasteiger partial charge on any atom is 0.290 e. The van der Waals surface area contributed by atoms with Crippen molar-refractivity contribution in [2.24, 2.45) is 0 Å². The molecule has 2 aromatic heterocycles. The Morgan fingerprint density at radius 1 is 1.03 bits per heavy atom. The molecule has 0 unspecified atom stereocenters. The van der Waals surface area contributed by atoms with Crippen LogP contribution in [0.5, 0.6) is 0 Å². The first kappa shape index (κ1) is 20.2. The van der Waals surface area contributed by atoms with Gasteiger partial charge in [0.25, 0.3) is 17.4 Å². The molecular formula is C19H19N5O4S. The summed E-state index contributed by atoms with van der Waals surface area (Å²) in [6.45, 7) is 3.80. The Kier molecular flexibility index (Phi) is 6.03. The molecule has 3 N–H and O–H groups in total. The summed E-state index contributed by atoms with van der Waals surface area (Å²) in [5, 5.41) is 7.55. The van der Waals surface area contributed by atoms with E-state index < -0.39 is 11.8 Å². The number of thiophene rings is 1. The zero-order valence-electron chi connectivity index (χ0n) is 15.8. The summed E-state index contributed by atoms with van der Waals surface area (Å²) < 4.78 is 1.20. The van der Waals surface area contributed by atoms with E-state index in [-0.39, 0.29) is 17.2 Å². The van der Waals surface area contributed by atoms with Crippen molar-refractivity contribution in [3.8, 4) is 0 Å². The van der Waals surface area contributed by atoms with Crippen LogP contribution in [0.2, 0.25) is 0 Å². The molecule has 0 radical (unpaired) electrons. The second-order valence-corrected chi connectivity index (χ2v) is 7.27. The lowest BCUT2D eigenvalue weighted by molar-refractivity contribution is -0.119. The highest BCUT2D eigenvalue weighted by Crippen LogP contribution is 2.16. The molecule has 29 heavy (non-hydrogen) atoms. The number of rotatable bonds is 5. The van der Waals surface area contributed by atoms with Crippen LogP contribution >= 0.6 is 11.3 Å². The number of aryl methyl sites for hydroxylation is 1. The van der Waals surface area contributed by atoms with Crippen molar-refractivity contribution in [2.45, 2.75) is 26.9 Å². The Morgan fingerprint density at radius 3 is 2.41 bits per heavy atom. The van der Waals surface area contributed by atoms with Gasteiger partial charge < -0.3 is 5.32 Å². The normalized spacial score (nSPS) is 10.6. The average molecular weight is 413 g/mol. The second-order valence-electron chi connectivity index (χ2n) is 6.10. The summed E-state index contributed by atoms with van der Waals surface area (Å²) in [7, 11) is 0. The molecule has 3 rings (SSSR count). The third-order valence-corrected chi connectivity index (χ3v) is 5.15. The molecule has 0 saturated heterocycles. The van der Waals surface area contributed by atoms with Crippen LogP contribution in [-0.2, 0) is 17.9 Å². The summed E-state index contributed by atoms with van der Waals surface area (Å²) in [6, 6.07) is 10.0. The smallest absolute Gasteiger partial charge is 0.290 e. The number of amides is 3. The van der Waals surface area contributed by atoms with Crippen molar-refractivity contribution in [3.05, 3.63) is 62.2 Å². The third kappa shape index (κ3) is 4.49. The zero-order chi connectivity index (χ0) is 21.0.